The number of carbonyl (C=O) groups is 3. The third-order valence-corrected chi connectivity index (χ3v) is 5.38. The maximum atomic E-state index is 13.7. The molecule has 33 heavy (non-hydrogen) atoms. The summed E-state index contributed by atoms with van der Waals surface area (Å²) in [6.45, 7) is 17.2. The van der Waals surface area contributed by atoms with Crippen molar-refractivity contribution in [2.75, 3.05) is 6.54 Å². The average Bonchev–Trinajstić information content (AvgIpc) is 2.69. The zero-order chi connectivity index (χ0) is 25.3. The highest BCUT2D eigenvalue weighted by Crippen LogP contribution is 2.26. The van der Waals surface area contributed by atoms with Crippen molar-refractivity contribution in [3.63, 3.8) is 0 Å². The Morgan fingerprint density at radius 3 is 2.12 bits per heavy atom. The largest absolute Gasteiger partial charge is 0.444 e. The molecule has 7 nitrogen and oxygen atoms in total. The molecular formula is C26H43N3O4. The SMILES string of the molecule is CCCC(C)NC(=O)C(c1ccccc1C)N(CC)C(=O)C(NC(=O)OC(C)(C)C)C(C)C. The first-order valence-electron chi connectivity index (χ1n) is 12.0. The van der Waals surface area contributed by atoms with E-state index in [-0.39, 0.29) is 23.8 Å². The second kappa shape index (κ2) is 12.6. The minimum Gasteiger partial charge on any atom is -0.444 e. The van der Waals surface area contributed by atoms with Crippen molar-refractivity contribution in [2.45, 2.75) is 98.9 Å². The molecule has 0 spiro atoms. The predicted molar refractivity (Wildman–Crippen MR) is 132 cm³/mol. The molecule has 0 aromatic heterocycles. The second-order valence-electron chi connectivity index (χ2n) is 9.95. The van der Waals surface area contributed by atoms with E-state index in [1.807, 2.05) is 58.9 Å². The first-order valence-corrected chi connectivity index (χ1v) is 12.0. The van der Waals surface area contributed by atoms with Crippen molar-refractivity contribution in [3.05, 3.63) is 35.4 Å². The van der Waals surface area contributed by atoms with Gasteiger partial charge in [0.2, 0.25) is 11.8 Å². The normalized spacial score (nSPS) is 14.2. The van der Waals surface area contributed by atoms with E-state index in [2.05, 4.69) is 17.6 Å². The third kappa shape index (κ3) is 8.71. The number of carbonyl (C=O) groups excluding carboxylic acids is 3. The summed E-state index contributed by atoms with van der Waals surface area (Å²) in [5, 5.41) is 5.80. The van der Waals surface area contributed by atoms with Gasteiger partial charge in [0.1, 0.15) is 17.7 Å². The Balaban J connectivity index is 3.34. The van der Waals surface area contributed by atoms with E-state index in [1.165, 1.54) is 0 Å². The van der Waals surface area contributed by atoms with E-state index in [0.29, 0.717) is 6.54 Å². The molecular weight excluding hydrogens is 418 g/mol. The lowest BCUT2D eigenvalue weighted by molar-refractivity contribution is -0.143. The highest BCUT2D eigenvalue weighted by Gasteiger charge is 2.37. The molecule has 0 aliphatic carbocycles. The van der Waals surface area contributed by atoms with Crippen LogP contribution in [0.5, 0.6) is 0 Å². The smallest absolute Gasteiger partial charge is 0.408 e. The molecule has 0 radical (unpaired) electrons. The number of nitrogens with one attached hydrogen (secondary N) is 2. The number of hydrogen-bond donors (Lipinski definition) is 2. The van der Waals surface area contributed by atoms with Gasteiger partial charge in [-0.2, -0.15) is 0 Å². The topological polar surface area (TPSA) is 87.7 Å². The summed E-state index contributed by atoms with van der Waals surface area (Å²) >= 11 is 0. The number of likely N-dealkylation sites (N-methyl/N-ethyl adjacent to an activating group) is 1. The molecule has 186 valence electrons. The summed E-state index contributed by atoms with van der Waals surface area (Å²) in [7, 11) is 0. The van der Waals surface area contributed by atoms with Crippen LogP contribution >= 0.6 is 0 Å². The standard InChI is InChI=1S/C26H43N3O4/c1-10-14-19(6)27-23(30)22(20-16-13-12-15-18(20)5)29(11-2)24(31)21(17(3)4)28-25(32)33-26(7,8)9/h12-13,15-17,19,21-22H,10-11,14H2,1-9H3,(H,27,30)(H,28,32). The van der Waals surface area contributed by atoms with Gasteiger partial charge >= 0.3 is 6.09 Å². The van der Waals surface area contributed by atoms with Crippen LogP contribution < -0.4 is 10.6 Å². The van der Waals surface area contributed by atoms with E-state index in [4.69, 9.17) is 4.74 Å². The maximum Gasteiger partial charge on any atom is 0.408 e. The van der Waals surface area contributed by atoms with Crippen molar-refractivity contribution in [1.29, 1.82) is 0 Å². The van der Waals surface area contributed by atoms with Gasteiger partial charge in [0.05, 0.1) is 0 Å². The fourth-order valence-electron chi connectivity index (χ4n) is 3.76. The van der Waals surface area contributed by atoms with E-state index in [0.717, 1.165) is 24.0 Å². The van der Waals surface area contributed by atoms with Crippen molar-refractivity contribution in [1.82, 2.24) is 15.5 Å². The quantitative estimate of drug-likeness (QED) is 0.527. The van der Waals surface area contributed by atoms with Crippen LogP contribution in [0.2, 0.25) is 0 Å². The summed E-state index contributed by atoms with van der Waals surface area (Å²) < 4.78 is 5.37. The van der Waals surface area contributed by atoms with Crippen LogP contribution in [0.1, 0.15) is 85.4 Å². The van der Waals surface area contributed by atoms with Crippen molar-refractivity contribution in [3.8, 4) is 0 Å². The molecule has 0 heterocycles. The molecule has 1 aromatic rings. The third-order valence-electron chi connectivity index (χ3n) is 5.38. The number of ether oxygens (including phenoxy) is 1. The minimum atomic E-state index is -0.827. The molecule has 1 aromatic carbocycles. The van der Waals surface area contributed by atoms with Gasteiger partial charge in [-0.15, -0.1) is 0 Å². The number of nitrogens with zero attached hydrogens (tertiary/aromatic N) is 1. The number of hydrogen-bond acceptors (Lipinski definition) is 4. The predicted octanol–water partition coefficient (Wildman–Crippen LogP) is 4.74. The highest BCUT2D eigenvalue weighted by molar-refractivity contribution is 5.92. The van der Waals surface area contributed by atoms with Crippen LogP contribution in [0.15, 0.2) is 24.3 Å². The lowest BCUT2D eigenvalue weighted by Gasteiger charge is -2.36. The van der Waals surface area contributed by atoms with E-state index in [1.54, 1.807) is 25.7 Å². The van der Waals surface area contributed by atoms with Crippen LogP contribution in [0.4, 0.5) is 4.79 Å². The number of amides is 3. The van der Waals surface area contributed by atoms with E-state index >= 15 is 0 Å². The lowest BCUT2D eigenvalue weighted by Crippen LogP contribution is -2.55. The Morgan fingerprint density at radius 1 is 1.03 bits per heavy atom. The minimum absolute atomic E-state index is 0.0105. The zero-order valence-corrected chi connectivity index (χ0v) is 21.8. The Labute approximate surface area is 199 Å². The monoisotopic (exact) mass is 461 g/mol. The van der Waals surface area contributed by atoms with E-state index in [9.17, 15) is 14.4 Å². The molecule has 3 amide bonds. The fourth-order valence-corrected chi connectivity index (χ4v) is 3.76. The lowest BCUT2D eigenvalue weighted by atomic mass is 9.96. The molecule has 0 saturated heterocycles. The van der Waals surface area contributed by atoms with Crippen LogP contribution in [0, 0.1) is 12.8 Å². The van der Waals surface area contributed by atoms with E-state index < -0.39 is 23.8 Å². The Morgan fingerprint density at radius 2 is 1.64 bits per heavy atom. The molecule has 3 atom stereocenters. The first-order chi connectivity index (χ1) is 15.3. The van der Waals surface area contributed by atoms with Crippen LogP contribution in [0.25, 0.3) is 0 Å². The van der Waals surface area contributed by atoms with Crippen molar-refractivity contribution in [2.24, 2.45) is 5.92 Å². The zero-order valence-electron chi connectivity index (χ0n) is 21.8. The number of aryl methyl sites for hydroxylation is 1. The maximum absolute atomic E-state index is 13.7. The van der Waals surface area contributed by atoms with Crippen LogP contribution in [0.3, 0.4) is 0 Å². The summed E-state index contributed by atoms with van der Waals surface area (Å²) in [5.41, 5.74) is 1.01. The average molecular weight is 462 g/mol. The van der Waals surface area contributed by atoms with Crippen LogP contribution in [-0.4, -0.2) is 47.0 Å². The summed E-state index contributed by atoms with van der Waals surface area (Å²) in [5.74, 6) is -0.733. The molecule has 0 saturated carbocycles. The molecule has 7 heteroatoms. The van der Waals surface area contributed by atoms with Gasteiger partial charge in [-0.25, -0.2) is 4.79 Å². The molecule has 0 fully saturated rings. The molecule has 0 aliphatic rings. The first kappa shape index (κ1) is 28.5. The van der Waals surface area contributed by atoms with Crippen molar-refractivity contribution < 1.29 is 19.1 Å². The Kier molecular flexibility index (Phi) is 10.9. The molecule has 0 aliphatic heterocycles. The second-order valence-corrected chi connectivity index (χ2v) is 9.95. The summed E-state index contributed by atoms with van der Waals surface area (Å²) in [6.07, 6.45) is 1.14. The summed E-state index contributed by atoms with van der Waals surface area (Å²) in [6, 6.07) is 5.95. The van der Waals surface area contributed by atoms with Gasteiger partial charge in [0.25, 0.3) is 0 Å². The Hall–Kier alpha value is -2.57. The van der Waals surface area contributed by atoms with Gasteiger partial charge < -0.3 is 20.3 Å². The molecule has 2 N–H and O–H groups in total. The molecule has 3 unspecified atom stereocenters. The summed E-state index contributed by atoms with van der Waals surface area (Å²) in [4.78, 5) is 41.2. The number of rotatable bonds is 10. The van der Waals surface area contributed by atoms with Gasteiger partial charge in [0, 0.05) is 12.6 Å². The van der Waals surface area contributed by atoms with Gasteiger partial charge in [-0.05, 0) is 65.0 Å². The molecule has 1 rings (SSSR count). The van der Waals surface area contributed by atoms with Gasteiger partial charge in [-0.3, -0.25) is 9.59 Å². The Bertz CT molecular complexity index is 801. The van der Waals surface area contributed by atoms with Gasteiger partial charge in [0.15, 0.2) is 0 Å². The number of alkyl carbamates (subject to hydrolysis) is 1. The molecule has 0 bridgehead atoms. The highest BCUT2D eigenvalue weighted by atomic mass is 16.6. The fraction of sp³-hybridized carbons (Fsp3) is 0.654. The number of benzene rings is 1. The van der Waals surface area contributed by atoms with Crippen molar-refractivity contribution >= 4 is 17.9 Å². The van der Waals surface area contributed by atoms with Crippen LogP contribution in [-0.2, 0) is 14.3 Å². The van der Waals surface area contributed by atoms with Gasteiger partial charge in [-0.1, -0.05) is 51.5 Å².